The van der Waals surface area contributed by atoms with Crippen molar-refractivity contribution in [3.05, 3.63) is 66.0 Å². The average molecular weight is 525 g/mol. The Morgan fingerprint density at radius 1 is 1.00 bits per heavy atom. The maximum absolute atomic E-state index is 12.9. The highest BCUT2D eigenvalue weighted by Gasteiger charge is 2.21. The van der Waals surface area contributed by atoms with Crippen LogP contribution in [0.25, 0.3) is 0 Å². The second-order valence-electron chi connectivity index (χ2n) is 6.93. The van der Waals surface area contributed by atoms with E-state index in [2.05, 4.69) is 32.7 Å². The topological polar surface area (TPSA) is 60.0 Å². The molecule has 0 spiro atoms. The minimum Gasteiger partial charge on any atom is -0.368 e. The molecule has 0 aromatic heterocycles. The van der Waals surface area contributed by atoms with E-state index in [4.69, 9.17) is 0 Å². The van der Waals surface area contributed by atoms with Crippen LogP contribution in [0.1, 0.15) is 5.56 Å². The van der Waals surface area contributed by atoms with Gasteiger partial charge in [0.15, 0.2) is 5.96 Å². The Balaban J connectivity index is 0.00000320. The van der Waals surface area contributed by atoms with Crippen LogP contribution in [0.15, 0.2) is 59.6 Å². The van der Waals surface area contributed by atoms with Crippen molar-refractivity contribution in [1.29, 1.82) is 0 Å². The van der Waals surface area contributed by atoms with E-state index >= 15 is 0 Å². The van der Waals surface area contributed by atoms with E-state index in [1.54, 1.807) is 19.2 Å². The van der Waals surface area contributed by atoms with Crippen molar-refractivity contribution in [3.8, 4) is 0 Å². The van der Waals surface area contributed by atoms with Gasteiger partial charge in [0.05, 0.1) is 6.54 Å². The quantitative estimate of drug-likeness (QED) is 0.346. The van der Waals surface area contributed by atoms with Gasteiger partial charge in [-0.1, -0.05) is 30.3 Å². The number of para-hydroxylation sites is 1. The lowest BCUT2D eigenvalue weighted by Crippen LogP contribution is -2.52. The molecule has 0 unspecified atom stereocenters. The molecule has 0 saturated carbocycles. The van der Waals surface area contributed by atoms with Gasteiger partial charge in [-0.2, -0.15) is 0 Å². The van der Waals surface area contributed by atoms with Crippen molar-refractivity contribution in [2.45, 2.75) is 6.42 Å². The summed E-state index contributed by atoms with van der Waals surface area (Å²) in [4.78, 5) is 20.9. The molecule has 30 heavy (non-hydrogen) atoms. The first-order chi connectivity index (χ1) is 14.2. The van der Waals surface area contributed by atoms with Gasteiger partial charge in [0.1, 0.15) is 5.82 Å². The number of aliphatic imine (C=N–C) groups is 1. The highest BCUT2D eigenvalue weighted by Crippen LogP contribution is 2.15. The van der Waals surface area contributed by atoms with Gasteiger partial charge >= 0.3 is 0 Å². The van der Waals surface area contributed by atoms with Crippen LogP contribution in [0.2, 0.25) is 0 Å². The van der Waals surface area contributed by atoms with E-state index in [0.717, 1.165) is 25.1 Å². The molecule has 6 nitrogen and oxygen atoms in total. The zero-order valence-electron chi connectivity index (χ0n) is 17.2. The van der Waals surface area contributed by atoms with Crippen molar-refractivity contribution >= 4 is 41.5 Å². The van der Waals surface area contributed by atoms with Gasteiger partial charge in [0.25, 0.3) is 0 Å². The molecule has 1 saturated heterocycles. The van der Waals surface area contributed by atoms with Gasteiger partial charge in [0, 0.05) is 45.5 Å². The van der Waals surface area contributed by atoms with E-state index in [1.165, 1.54) is 17.8 Å². The summed E-state index contributed by atoms with van der Waals surface area (Å²) in [6.07, 6.45) is 0.746. The number of piperazine rings is 1. The fourth-order valence-electron chi connectivity index (χ4n) is 3.32. The van der Waals surface area contributed by atoms with E-state index in [-0.39, 0.29) is 42.2 Å². The minimum absolute atomic E-state index is 0. The smallest absolute Gasteiger partial charge is 0.242 e. The van der Waals surface area contributed by atoms with Crippen molar-refractivity contribution in [1.82, 2.24) is 15.5 Å². The summed E-state index contributed by atoms with van der Waals surface area (Å²) in [5.74, 6) is 0.421. The van der Waals surface area contributed by atoms with Crippen molar-refractivity contribution < 1.29 is 9.18 Å². The molecular weight excluding hydrogens is 496 g/mol. The summed E-state index contributed by atoms with van der Waals surface area (Å²) in [5, 5.41) is 6.26. The Morgan fingerprint density at radius 2 is 1.67 bits per heavy atom. The summed E-state index contributed by atoms with van der Waals surface area (Å²) in [5.41, 5.74) is 2.24. The fraction of sp³-hybridized carbons (Fsp3) is 0.364. The van der Waals surface area contributed by atoms with Crippen molar-refractivity contribution in [2.75, 3.05) is 51.2 Å². The number of carbonyl (C=O) groups is 1. The Labute approximate surface area is 194 Å². The third-order valence-electron chi connectivity index (χ3n) is 5.00. The Bertz CT molecular complexity index is 808. The van der Waals surface area contributed by atoms with Gasteiger partial charge in [0.2, 0.25) is 5.91 Å². The number of rotatable bonds is 6. The molecule has 2 aromatic carbocycles. The molecule has 2 N–H and O–H groups in total. The number of halogens is 2. The van der Waals surface area contributed by atoms with Gasteiger partial charge < -0.3 is 20.4 Å². The molecule has 0 bridgehead atoms. The molecule has 1 fully saturated rings. The van der Waals surface area contributed by atoms with Crippen LogP contribution in [0, 0.1) is 5.82 Å². The van der Waals surface area contributed by atoms with Gasteiger partial charge in [-0.25, -0.2) is 4.39 Å². The lowest BCUT2D eigenvalue weighted by Gasteiger charge is -2.36. The summed E-state index contributed by atoms with van der Waals surface area (Å²) in [6.45, 7) is 3.95. The number of amides is 1. The number of hydrogen-bond donors (Lipinski definition) is 2. The van der Waals surface area contributed by atoms with Gasteiger partial charge in [-0.3, -0.25) is 9.79 Å². The van der Waals surface area contributed by atoms with E-state index < -0.39 is 0 Å². The van der Waals surface area contributed by atoms with Crippen LogP contribution in [0.4, 0.5) is 10.1 Å². The molecule has 1 amide bonds. The SMILES string of the molecule is CN=C(NCCc1ccc(F)cc1)NCC(=O)N1CCN(c2ccccc2)CC1.I. The van der Waals surface area contributed by atoms with Crippen molar-refractivity contribution in [2.24, 2.45) is 4.99 Å². The fourth-order valence-corrected chi connectivity index (χ4v) is 3.32. The molecule has 3 rings (SSSR count). The largest absolute Gasteiger partial charge is 0.368 e. The first kappa shape index (κ1) is 23.9. The predicted octanol–water partition coefficient (Wildman–Crippen LogP) is 2.50. The van der Waals surface area contributed by atoms with Gasteiger partial charge in [-0.15, -0.1) is 24.0 Å². The average Bonchev–Trinajstić information content (AvgIpc) is 2.78. The number of carbonyl (C=O) groups excluding carboxylic acids is 1. The third kappa shape index (κ3) is 7.16. The van der Waals surface area contributed by atoms with Crippen LogP contribution < -0.4 is 15.5 Å². The number of anilines is 1. The van der Waals surface area contributed by atoms with Crippen molar-refractivity contribution in [3.63, 3.8) is 0 Å². The molecule has 8 heteroatoms. The lowest BCUT2D eigenvalue weighted by molar-refractivity contribution is -0.130. The Morgan fingerprint density at radius 3 is 2.30 bits per heavy atom. The summed E-state index contributed by atoms with van der Waals surface area (Å²) in [7, 11) is 1.68. The molecule has 0 atom stereocenters. The number of nitrogens with one attached hydrogen (secondary N) is 2. The predicted molar refractivity (Wildman–Crippen MR) is 130 cm³/mol. The number of nitrogens with zero attached hydrogens (tertiary/aromatic N) is 3. The molecular formula is C22H29FIN5O. The van der Waals surface area contributed by atoms with Crippen LogP contribution in [0.5, 0.6) is 0 Å². The molecule has 1 aliphatic rings. The third-order valence-corrected chi connectivity index (χ3v) is 5.00. The first-order valence-electron chi connectivity index (χ1n) is 9.92. The second kappa shape index (κ2) is 12.4. The lowest BCUT2D eigenvalue weighted by atomic mass is 10.1. The van der Waals surface area contributed by atoms with Crippen LogP contribution in [-0.4, -0.2) is 63.1 Å². The minimum atomic E-state index is -0.234. The van der Waals surface area contributed by atoms with Crippen LogP contribution in [0.3, 0.4) is 0 Å². The highest BCUT2D eigenvalue weighted by molar-refractivity contribution is 14.0. The second-order valence-corrected chi connectivity index (χ2v) is 6.93. The number of hydrogen-bond acceptors (Lipinski definition) is 3. The van der Waals surface area contributed by atoms with Gasteiger partial charge in [-0.05, 0) is 36.2 Å². The zero-order valence-corrected chi connectivity index (χ0v) is 19.5. The maximum Gasteiger partial charge on any atom is 0.242 e. The van der Waals surface area contributed by atoms with Crippen LogP contribution >= 0.6 is 24.0 Å². The first-order valence-corrected chi connectivity index (χ1v) is 9.92. The van der Waals surface area contributed by atoms with E-state index in [0.29, 0.717) is 25.6 Å². The Hall–Kier alpha value is -2.36. The highest BCUT2D eigenvalue weighted by atomic mass is 127. The van der Waals surface area contributed by atoms with Crippen LogP contribution in [-0.2, 0) is 11.2 Å². The standard InChI is InChI=1S/C22H28FN5O.HI/c1-24-22(25-12-11-18-7-9-19(23)10-8-18)26-17-21(29)28-15-13-27(14-16-28)20-5-3-2-4-6-20;/h2-10H,11-17H2,1H3,(H2,24,25,26);1H. The maximum atomic E-state index is 12.9. The number of guanidine groups is 1. The normalized spacial score (nSPS) is 14.1. The summed E-state index contributed by atoms with van der Waals surface area (Å²) in [6, 6.07) is 16.7. The molecule has 0 aliphatic carbocycles. The molecule has 1 heterocycles. The van der Waals surface area contributed by atoms with E-state index in [1.807, 2.05) is 23.1 Å². The molecule has 162 valence electrons. The number of benzene rings is 2. The molecule has 2 aromatic rings. The van der Waals surface area contributed by atoms with E-state index in [9.17, 15) is 9.18 Å². The molecule has 0 radical (unpaired) electrons. The summed E-state index contributed by atoms with van der Waals surface area (Å²) >= 11 is 0. The Kier molecular flexibility index (Phi) is 9.85. The molecule has 1 aliphatic heterocycles. The monoisotopic (exact) mass is 525 g/mol. The summed E-state index contributed by atoms with van der Waals surface area (Å²) < 4.78 is 12.9. The zero-order chi connectivity index (χ0) is 20.5.